The van der Waals surface area contributed by atoms with Crippen LogP contribution in [-0.2, 0) is 11.3 Å². The molecule has 1 N–H and O–H groups in total. The lowest BCUT2D eigenvalue weighted by Gasteiger charge is -2.32. The lowest BCUT2D eigenvalue weighted by molar-refractivity contribution is 0.0529. The van der Waals surface area contributed by atoms with E-state index in [1.54, 1.807) is 11.3 Å². The Morgan fingerprint density at radius 3 is 3.14 bits per heavy atom. The smallest absolute Gasteiger partial charge is 0.195 e. The number of rotatable bonds is 5. The third-order valence-electron chi connectivity index (χ3n) is 3.73. The van der Waals surface area contributed by atoms with E-state index in [0.717, 1.165) is 43.6 Å². The first-order valence-electron chi connectivity index (χ1n) is 7.67. The van der Waals surface area contributed by atoms with Gasteiger partial charge < -0.3 is 15.0 Å². The van der Waals surface area contributed by atoms with Crippen molar-refractivity contribution in [3.05, 3.63) is 17.3 Å². The van der Waals surface area contributed by atoms with Crippen LogP contribution in [0.4, 0.5) is 5.82 Å². The molecule has 1 fully saturated rings. The van der Waals surface area contributed by atoms with Gasteiger partial charge in [-0.3, -0.25) is 4.40 Å². The number of ether oxygens (including phenoxy) is 1. The normalized spacial score (nSPS) is 19.8. The lowest BCUT2D eigenvalue weighted by atomic mass is 10.2. The molecule has 0 aromatic carbocycles. The number of hydrogen-bond donors (Lipinski definition) is 1. The molecule has 2 aromatic heterocycles. The predicted molar refractivity (Wildman–Crippen MR) is 87.2 cm³/mol. The molecule has 0 radical (unpaired) electrons. The maximum Gasteiger partial charge on any atom is 0.195 e. The summed E-state index contributed by atoms with van der Waals surface area (Å²) in [5.41, 5.74) is 1.26. The lowest BCUT2D eigenvalue weighted by Crippen LogP contribution is -2.42. The quantitative estimate of drug-likeness (QED) is 0.921. The van der Waals surface area contributed by atoms with E-state index in [2.05, 4.69) is 47.0 Å². The van der Waals surface area contributed by atoms with E-state index in [0.29, 0.717) is 5.92 Å². The second-order valence-electron chi connectivity index (χ2n) is 6.09. The minimum atomic E-state index is 0.273. The van der Waals surface area contributed by atoms with Crippen molar-refractivity contribution in [2.24, 2.45) is 5.92 Å². The Hall–Kier alpha value is -1.11. The van der Waals surface area contributed by atoms with E-state index in [9.17, 15) is 0 Å². The summed E-state index contributed by atoms with van der Waals surface area (Å²) in [6.07, 6.45) is 2.39. The molecule has 2 aromatic rings. The number of morpholine rings is 1. The van der Waals surface area contributed by atoms with Crippen LogP contribution in [0.3, 0.4) is 0 Å². The molecule has 3 heterocycles. The summed E-state index contributed by atoms with van der Waals surface area (Å²) in [7, 11) is 0. The first kappa shape index (κ1) is 14.8. The van der Waals surface area contributed by atoms with Crippen molar-refractivity contribution in [1.82, 2.24) is 14.7 Å². The van der Waals surface area contributed by atoms with Gasteiger partial charge in [-0.05, 0) is 19.4 Å². The topological polar surface area (TPSA) is 41.8 Å². The monoisotopic (exact) mass is 308 g/mol. The maximum atomic E-state index is 5.65. The van der Waals surface area contributed by atoms with Crippen LogP contribution in [0.15, 0.2) is 11.6 Å². The van der Waals surface area contributed by atoms with Gasteiger partial charge in [-0.25, -0.2) is 4.98 Å². The maximum absolute atomic E-state index is 5.65. The van der Waals surface area contributed by atoms with Crippen molar-refractivity contribution in [1.29, 1.82) is 0 Å². The van der Waals surface area contributed by atoms with Gasteiger partial charge in [0.2, 0.25) is 0 Å². The summed E-state index contributed by atoms with van der Waals surface area (Å²) >= 11 is 1.69. The molecule has 116 valence electrons. The van der Waals surface area contributed by atoms with Crippen LogP contribution in [0.25, 0.3) is 4.96 Å². The Bertz CT molecular complexity index is 592. The van der Waals surface area contributed by atoms with Gasteiger partial charge in [0.1, 0.15) is 0 Å². The van der Waals surface area contributed by atoms with Crippen LogP contribution in [-0.4, -0.2) is 41.7 Å². The van der Waals surface area contributed by atoms with Crippen LogP contribution in [0.2, 0.25) is 0 Å². The number of hydrogen-bond acceptors (Lipinski definition) is 5. The molecule has 0 bridgehead atoms. The number of fused-ring (bicyclic) bond motifs is 1. The fourth-order valence-electron chi connectivity index (χ4n) is 2.73. The van der Waals surface area contributed by atoms with Gasteiger partial charge in [0.05, 0.1) is 18.4 Å². The van der Waals surface area contributed by atoms with Crippen molar-refractivity contribution in [2.75, 3.05) is 31.1 Å². The van der Waals surface area contributed by atoms with Crippen molar-refractivity contribution < 1.29 is 4.74 Å². The highest BCUT2D eigenvalue weighted by atomic mass is 32.1. The number of anilines is 1. The summed E-state index contributed by atoms with van der Waals surface area (Å²) in [4.78, 5) is 8.28. The first-order chi connectivity index (χ1) is 10.1. The molecule has 0 aliphatic carbocycles. The van der Waals surface area contributed by atoms with E-state index in [1.807, 2.05) is 0 Å². The number of aromatic nitrogens is 2. The number of imidazole rings is 1. The Morgan fingerprint density at radius 1 is 1.52 bits per heavy atom. The molecule has 21 heavy (non-hydrogen) atoms. The Balaban J connectivity index is 1.84. The van der Waals surface area contributed by atoms with Gasteiger partial charge >= 0.3 is 0 Å². The Kier molecular flexibility index (Phi) is 4.47. The summed E-state index contributed by atoms with van der Waals surface area (Å²) in [6, 6.07) is 0. The number of thiazole rings is 1. The van der Waals surface area contributed by atoms with Gasteiger partial charge in [-0.1, -0.05) is 13.8 Å². The third-order valence-corrected chi connectivity index (χ3v) is 4.48. The van der Waals surface area contributed by atoms with Crippen LogP contribution >= 0.6 is 11.3 Å². The minimum Gasteiger partial charge on any atom is -0.375 e. The average molecular weight is 308 g/mol. The molecule has 1 unspecified atom stereocenters. The molecule has 6 heteroatoms. The van der Waals surface area contributed by atoms with Gasteiger partial charge in [0.25, 0.3) is 0 Å². The molecular formula is C15H24N4OS. The summed E-state index contributed by atoms with van der Waals surface area (Å²) < 4.78 is 7.86. The summed E-state index contributed by atoms with van der Waals surface area (Å²) in [6.45, 7) is 11.1. The summed E-state index contributed by atoms with van der Waals surface area (Å²) in [5.74, 6) is 1.77. The highest BCUT2D eigenvalue weighted by Gasteiger charge is 2.23. The van der Waals surface area contributed by atoms with Crippen molar-refractivity contribution in [3.63, 3.8) is 0 Å². The second kappa shape index (κ2) is 6.34. The molecule has 1 atom stereocenters. The molecule has 1 aliphatic rings. The molecule has 0 saturated carbocycles. The fourth-order valence-corrected chi connectivity index (χ4v) is 3.46. The van der Waals surface area contributed by atoms with Crippen molar-refractivity contribution >= 4 is 22.1 Å². The van der Waals surface area contributed by atoms with E-state index >= 15 is 0 Å². The number of nitrogens with one attached hydrogen (secondary N) is 1. The zero-order chi connectivity index (χ0) is 14.8. The van der Waals surface area contributed by atoms with Crippen LogP contribution in [0, 0.1) is 5.92 Å². The first-order valence-corrected chi connectivity index (χ1v) is 8.55. The molecule has 3 rings (SSSR count). The van der Waals surface area contributed by atoms with Crippen molar-refractivity contribution in [3.8, 4) is 0 Å². The molecule has 1 saturated heterocycles. The largest absolute Gasteiger partial charge is 0.375 e. The van der Waals surface area contributed by atoms with Crippen LogP contribution in [0.1, 0.15) is 26.5 Å². The summed E-state index contributed by atoms with van der Waals surface area (Å²) in [5, 5.41) is 5.64. The van der Waals surface area contributed by atoms with E-state index in [1.165, 1.54) is 5.69 Å². The Morgan fingerprint density at radius 2 is 2.38 bits per heavy atom. The molecule has 0 amide bonds. The van der Waals surface area contributed by atoms with Crippen LogP contribution < -0.4 is 10.2 Å². The number of nitrogens with zero attached hydrogens (tertiary/aromatic N) is 3. The third kappa shape index (κ3) is 3.22. The standard InChI is InChI=1S/C15H24N4OS/c1-11(2)8-16-9-13-14(17-15-19(13)5-7-21-15)18-4-6-20-12(3)10-18/h5,7,11-12,16H,4,6,8-10H2,1-3H3. The van der Waals surface area contributed by atoms with Gasteiger partial charge in [-0.2, -0.15) is 0 Å². The van der Waals surface area contributed by atoms with E-state index < -0.39 is 0 Å². The molecule has 0 spiro atoms. The highest BCUT2D eigenvalue weighted by Crippen LogP contribution is 2.26. The van der Waals surface area contributed by atoms with Gasteiger partial charge in [-0.15, -0.1) is 11.3 Å². The minimum absolute atomic E-state index is 0.273. The fraction of sp³-hybridized carbons (Fsp3) is 0.667. The van der Waals surface area contributed by atoms with Crippen LogP contribution in [0.5, 0.6) is 0 Å². The average Bonchev–Trinajstić information content (AvgIpc) is 3.00. The SMILES string of the molecule is CC(C)CNCc1c(N2CCOC(C)C2)nc2sccn12. The van der Waals surface area contributed by atoms with Crippen molar-refractivity contribution in [2.45, 2.75) is 33.4 Å². The highest BCUT2D eigenvalue weighted by molar-refractivity contribution is 7.15. The second-order valence-corrected chi connectivity index (χ2v) is 6.96. The molecule has 1 aliphatic heterocycles. The van der Waals surface area contributed by atoms with Gasteiger partial charge in [0.15, 0.2) is 10.8 Å². The zero-order valence-corrected chi connectivity index (χ0v) is 13.8. The molecular weight excluding hydrogens is 284 g/mol. The molecule has 5 nitrogen and oxygen atoms in total. The Labute approximate surface area is 129 Å². The predicted octanol–water partition coefficient (Wildman–Crippen LogP) is 2.37. The van der Waals surface area contributed by atoms with Gasteiger partial charge in [0, 0.05) is 31.2 Å². The zero-order valence-electron chi connectivity index (χ0n) is 13.0. The van der Waals surface area contributed by atoms with E-state index in [-0.39, 0.29) is 6.10 Å². The van der Waals surface area contributed by atoms with E-state index in [4.69, 9.17) is 9.72 Å².